The molecular weight excluding hydrogens is 256 g/mol. The number of anilines is 1. The first-order valence-electron chi connectivity index (χ1n) is 6.69. The number of aromatic nitrogens is 1. The standard InChI is InChI=1S/C14H16N4O2/c15-7-12(9-5-6-9)17-14-10-3-1-2-4-11(10)16-8-13(14)18(19)20/h1-4,8-9,12H,5-7,15H2,(H,16,17). The van der Waals surface area contributed by atoms with Gasteiger partial charge in [-0.2, -0.15) is 0 Å². The average molecular weight is 272 g/mol. The minimum Gasteiger partial charge on any atom is -0.375 e. The maximum Gasteiger partial charge on any atom is 0.311 e. The number of hydrogen-bond acceptors (Lipinski definition) is 5. The molecule has 0 aliphatic heterocycles. The summed E-state index contributed by atoms with van der Waals surface area (Å²) in [5.41, 5.74) is 7.06. The fourth-order valence-corrected chi connectivity index (χ4v) is 2.47. The Bertz CT molecular complexity index is 655. The molecule has 0 saturated heterocycles. The van der Waals surface area contributed by atoms with E-state index in [1.165, 1.54) is 6.20 Å². The Hall–Kier alpha value is -2.21. The van der Waals surface area contributed by atoms with Gasteiger partial charge in [-0.15, -0.1) is 0 Å². The number of pyridine rings is 1. The van der Waals surface area contributed by atoms with E-state index in [2.05, 4.69) is 10.3 Å². The van der Waals surface area contributed by atoms with Gasteiger partial charge in [0.2, 0.25) is 0 Å². The number of nitrogens with one attached hydrogen (secondary N) is 1. The third-order valence-electron chi connectivity index (χ3n) is 3.73. The molecule has 3 rings (SSSR count). The van der Waals surface area contributed by atoms with Crippen LogP contribution in [0.25, 0.3) is 10.9 Å². The van der Waals surface area contributed by atoms with Crippen LogP contribution in [0.1, 0.15) is 12.8 Å². The number of rotatable bonds is 5. The van der Waals surface area contributed by atoms with Gasteiger partial charge in [0.25, 0.3) is 0 Å². The van der Waals surface area contributed by atoms with Crippen LogP contribution in [-0.4, -0.2) is 22.5 Å². The summed E-state index contributed by atoms with van der Waals surface area (Å²) in [7, 11) is 0. The highest BCUT2D eigenvalue weighted by Crippen LogP contribution is 2.37. The van der Waals surface area contributed by atoms with Crippen molar-refractivity contribution in [3.63, 3.8) is 0 Å². The van der Waals surface area contributed by atoms with Gasteiger partial charge in [0.05, 0.1) is 10.4 Å². The third kappa shape index (κ3) is 2.30. The second-order valence-electron chi connectivity index (χ2n) is 5.12. The average Bonchev–Trinajstić information content (AvgIpc) is 3.28. The number of para-hydroxylation sites is 1. The topological polar surface area (TPSA) is 94.1 Å². The van der Waals surface area contributed by atoms with Gasteiger partial charge in [-0.3, -0.25) is 10.1 Å². The first-order chi connectivity index (χ1) is 9.70. The van der Waals surface area contributed by atoms with E-state index in [0.29, 0.717) is 18.2 Å². The molecule has 0 amide bonds. The number of nitro groups is 1. The van der Waals surface area contributed by atoms with Crippen molar-refractivity contribution < 1.29 is 4.92 Å². The molecule has 1 unspecified atom stereocenters. The number of hydrogen-bond donors (Lipinski definition) is 2. The zero-order valence-electron chi connectivity index (χ0n) is 11.0. The fourth-order valence-electron chi connectivity index (χ4n) is 2.47. The lowest BCUT2D eigenvalue weighted by Gasteiger charge is -2.18. The van der Waals surface area contributed by atoms with E-state index >= 15 is 0 Å². The normalized spacial score (nSPS) is 16.1. The van der Waals surface area contributed by atoms with Crippen molar-refractivity contribution in [2.24, 2.45) is 11.7 Å². The summed E-state index contributed by atoms with van der Waals surface area (Å²) in [4.78, 5) is 15.0. The Morgan fingerprint density at radius 2 is 2.20 bits per heavy atom. The van der Waals surface area contributed by atoms with Crippen LogP contribution in [0.3, 0.4) is 0 Å². The van der Waals surface area contributed by atoms with Crippen molar-refractivity contribution in [3.8, 4) is 0 Å². The molecule has 1 aliphatic carbocycles. The van der Waals surface area contributed by atoms with Gasteiger partial charge in [0, 0.05) is 18.0 Å². The van der Waals surface area contributed by atoms with Gasteiger partial charge in [-0.05, 0) is 24.8 Å². The monoisotopic (exact) mass is 272 g/mol. The first kappa shape index (κ1) is 12.8. The number of nitrogens with two attached hydrogens (primary N) is 1. The summed E-state index contributed by atoms with van der Waals surface area (Å²) in [6, 6.07) is 7.50. The highest BCUT2D eigenvalue weighted by Gasteiger charge is 2.32. The lowest BCUT2D eigenvalue weighted by Crippen LogP contribution is -2.31. The van der Waals surface area contributed by atoms with Crippen molar-refractivity contribution in [3.05, 3.63) is 40.6 Å². The Morgan fingerprint density at radius 1 is 1.45 bits per heavy atom. The van der Waals surface area contributed by atoms with Crippen LogP contribution in [0.2, 0.25) is 0 Å². The Labute approximate surface area is 116 Å². The zero-order valence-corrected chi connectivity index (χ0v) is 11.0. The van der Waals surface area contributed by atoms with Gasteiger partial charge in [-0.25, -0.2) is 4.98 Å². The Balaban J connectivity index is 2.09. The van der Waals surface area contributed by atoms with E-state index in [1.54, 1.807) is 0 Å². The van der Waals surface area contributed by atoms with Crippen molar-refractivity contribution in [2.75, 3.05) is 11.9 Å². The van der Waals surface area contributed by atoms with Crippen LogP contribution < -0.4 is 11.1 Å². The van der Waals surface area contributed by atoms with Crippen molar-refractivity contribution >= 4 is 22.3 Å². The Kier molecular flexibility index (Phi) is 3.23. The first-order valence-corrected chi connectivity index (χ1v) is 6.69. The van der Waals surface area contributed by atoms with Crippen LogP contribution in [-0.2, 0) is 0 Å². The summed E-state index contributed by atoms with van der Waals surface area (Å²) in [6.07, 6.45) is 3.57. The lowest BCUT2D eigenvalue weighted by molar-refractivity contribution is -0.384. The predicted octanol–water partition coefficient (Wildman–Crippen LogP) is 2.29. The van der Waals surface area contributed by atoms with Gasteiger partial charge in [-0.1, -0.05) is 18.2 Å². The van der Waals surface area contributed by atoms with Gasteiger partial charge in [0.15, 0.2) is 0 Å². The molecule has 0 bridgehead atoms. The van der Waals surface area contributed by atoms with Gasteiger partial charge >= 0.3 is 5.69 Å². The molecule has 6 nitrogen and oxygen atoms in total. The van der Waals surface area contributed by atoms with Crippen molar-refractivity contribution in [2.45, 2.75) is 18.9 Å². The molecule has 6 heteroatoms. The second-order valence-corrected chi connectivity index (χ2v) is 5.12. The molecule has 0 spiro atoms. The molecule has 2 aromatic rings. The van der Waals surface area contributed by atoms with Crippen LogP contribution in [0.15, 0.2) is 30.5 Å². The summed E-state index contributed by atoms with van der Waals surface area (Å²) in [6.45, 7) is 0.471. The lowest BCUT2D eigenvalue weighted by atomic mass is 10.1. The zero-order chi connectivity index (χ0) is 14.1. The molecule has 3 N–H and O–H groups in total. The number of fused-ring (bicyclic) bond motifs is 1. The smallest absolute Gasteiger partial charge is 0.311 e. The Morgan fingerprint density at radius 3 is 2.85 bits per heavy atom. The summed E-state index contributed by atoms with van der Waals surface area (Å²) in [5, 5.41) is 15.3. The third-order valence-corrected chi connectivity index (χ3v) is 3.73. The van der Waals surface area contributed by atoms with Crippen LogP contribution >= 0.6 is 0 Å². The van der Waals surface area contributed by atoms with E-state index in [0.717, 1.165) is 23.7 Å². The highest BCUT2D eigenvalue weighted by atomic mass is 16.6. The molecular formula is C14H16N4O2. The van der Waals surface area contributed by atoms with Crippen LogP contribution in [0, 0.1) is 16.0 Å². The summed E-state index contributed by atoms with van der Waals surface area (Å²) in [5.74, 6) is 0.520. The molecule has 1 fully saturated rings. The summed E-state index contributed by atoms with van der Waals surface area (Å²) < 4.78 is 0. The highest BCUT2D eigenvalue weighted by molar-refractivity contribution is 5.95. The van der Waals surface area contributed by atoms with Crippen LogP contribution in [0.4, 0.5) is 11.4 Å². The molecule has 1 atom stereocenters. The van der Waals surface area contributed by atoms with Gasteiger partial charge in [0.1, 0.15) is 11.9 Å². The van der Waals surface area contributed by atoms with E-state index in [4.69, 9.17) is 5.73 Å². The van der Waals surface area contributed by atoms with E-state index in [1.807, 2.05) is 24.3 Å². The van der Waals surface area contributed by atoms with Gasteiger partial charge < -0.3 is 11.1 Å². The summed E-state index contributed by atoms with van der Waals surface area (Å²) >= 11 is 0. The molecule has 1 saturated carbocycles. The maximum absolute atomic E-state index is 11.2. The number of benzene rings is 1. The minimum absolute atomic E-state index is 0.00259. The SMILES string of the molecule is NCC(Nc1c([N+](=O)[O-])cnc2ccccc12)C1CC1. The van der Waals surface area contributed by atoms with E-state index in [-0.39, 0.29) is 11.7 Å². The largest absolute Gasteiger partial charge is 0.375 e. The van der Waals surface area contributed by atoms with Crippen molar-refractivity contribution in [1.29, 1.82) is 0 Å². The quantitative estimate of drug-likeness (QED) is 0.643. The molecule has 1 heterocycles. The van der Waals surface area contributed by atoms with E-state index in [9.17, 15) is 10.1 Å². The molecule has 104 valence electrons. The molecule has 0 radical (unpaired) electrons. The maximum atomic E-state index is 11.2. The molecule has 1 aromatic carbocycles. The van der Waals surface area contributed by atoms with Crippen molar-refractivity contribution in [1.82, 2.24) is 4.98 Å². The minimum atomic E-state index is -0.401. The van der Waals surface area contributed by atoms with Crippen LogP contribution in [0.5, 0.6) is 0 Å². The number of nitrogens with zero attached hydrogens (tertiary/aromatic N) is 2. The molecule has 1 aliphatic rings. The second kappa shape index (κ2) is 5.05. The van der Waals surface area contributed by atoms with E-state index < -0.39 is 4.92 Å². The molecule has 1 aromatic heterocycles. The predicted molar refractivity (Wildman–Crippen MR) is 77.6 cm³/mol. The molecule has 20 heavy (non-hydrogen) atoms. The fraction of sp³-hybridized carbons (Fsp3) is 0.357.